The highest BCUT2D eigenvalue weighted by Gasteiger charge is 2.37. The van der Waals surface area contributed by atoms with Crippen molar-refractivity contribution < 1.29 is 18.7 Å². The molecule has 116 valence electrons. The van der Waals surface area contributed by atoms with Crippen LogP contribution in [0, 0.1) is 0 Å². The van der Waals surface area contributed by atoms with Gasteiger partial charge in [-0.3, -0.25) is 0 Å². The number of esters is 1. The third-order valence-corrected chi connectivity index (χ3v) is 3.28. The highest BCUT2D eigenvalue weighted by atomic mass is 16.5. The molecule has 0 fully saturated rings. The molecule has 2 aromatic heterocycles. The molecule has 0 aliphatic carbocycles. The molecule has 3 heterocycles. The molecule has 3 rings (SSSR count). The Morgan fingerprint density at radius 3 is 3.09 bits per heavy atom. The second kappa shape index (κ2) is 6.02. The topological polar surface area (TPSA) is 91.4 Å². The molecule has 0 spiro atoms. The van der Waals surface area contributed by atoms with Crippen molar-refractivity contribution in [3.8, 4) is 0 Å². The van der Waals surface area contributed by atoms with E-state index in [0.29, 0.717) is 23.0 Å². The van der Waals surface area contributed by atoms with Crippen LogP contribution in [0.4, 0.5) is 5.95 Å². The monoisotopic (exact) mass is 304 g/mol. The summed E-state index contributed by atoms with van der Waals surface area (Å²) in [5, 5.41) is 7.24. The standard InChI is InChI=1S/C14H16N4O4/c1-3-21-13(19)11-9(7-20-2)17-14-15-8-16-18(14)12(11)10-5-4-6-22-10/h4-6,8,12H,3,7H2,1-2H3,(H,15,16,17). The van der Waals surface area contributed by atoms with Crippen LogP contribution in [0.5, 0.6) is 0 Å². The number of aromatic nitrogens is 3. The minimum absolute atomic E-state index is 0.220. The van der Waals surface area contributed by atoms with Gasteiger partial charge in [0.05, 0.1) is 30.7 Å². The molecule has 8 nitrogen and oxygen atoms in total. The first kappa shape index (κ1) is 14.3. The van der Waals surface area contributed by atoms with Crippen molar-refractivity contribution in [2.75, 3.05) is 25.6 Å². The van der Waals surface area contributed by atoms with E-state index in [9.17, 15) is 4.79 Å². The smallest absolute Gasteiger partial charge is 0.338 e. The van der Waals surface area contributed by atoms with E-state index >= 15 is 0 Å². The zero-order valence-electron chi connectivity index (χ0n) is 12.3. The van der Waals surface area contributed by atoms with E-state index in [2.05, 4.69) is 15.4 Å². The van der Waals surface area contributed by atoms with Crippen LogP contribution in [0.1, 0.15) is 18.7 Å². The van der Waals surface area contributed by atoms with Crippen LogP contribution in [0.2, 0.25) is 0 Å². The molecular formula is C14H16N4O4. The highest BCUT2D eigenvalue weighted by molar-refractivity contribution is 5.92. The van der Waals surface area contributed by atoms with E-state index in [1.807, 2.05) is 0 Å². The zero-order valence-corrected chi connectivity index (χ0v) is 12.3. The molecular weight excluding hydrogens is 288 g/mol. The minimum Gasteiger partial charge on any atom is -0.467 e. The van der Waals surface area contributed by atoms with Crippen LogP contribution in [-0.4, -0.2) is 41.1 Å². The van der Waals surface area contributed by atoms with Gasteiger partial charge in [0.2, 0.25) is 5.95 Å². The van der Waals surface area contributed by atoms with Gasteiger partial charge >= 0.3 is 5.97 Å². The van der Waals surface area contributed by atoms with Crippen molar-refractivity contribution in [1.29, 1.82) is 0 Å². The van der Waals surface area contributed by atoms with Crippen LogP contribution in [0.15, 0.2) is 40.4 Å². The number of hydrogen-bond acceptors (Lipinski definition) is 7. The lowest BCUT2D eigenvalue weighted by Crippen LogP contribution is -2.31. The number of carbonyl (C=O) groups excluding carboxylic acids is 1. The molecule has 1 atom stereocenters. The number of anilines is 1. The highest BCUT2D eigenvalue weighted by Crippen LogP contribution is 2.35. The third-order valence-electron chi connectivity index (χ3n) is 3.28. The number of furan rings is 1. The zero-order chi connectivity index (χ0) is 15.5. The van der Waals surface area contributed by atoms with E-state index in [1.165, 1.54) is 6.33 Å². The van der Waals surface area contributed by atoms with E-state index in [-0.39, 0.29) is 13.2 Å². The first-order valence-electron chi connectivity index (χ1n) is 6.85. The van der Waals surface area contributed by atoms with Crippen LogP contribution in [0.3, 0.4) is 0 Å². The predicted octanol–water partition coefficient (Wildman–Crippen LogP) is 1.35. The van der Waals surface area contributed by atoms with Gasteiger partial charge in [-0.1, -0.05) is 0 Å². The summed E-state index contributed by atoms with van der Waals surface area (Å²) in [6, 6.07) is 3.00. The Morgan fingerprint density at radius 1 is 1.55 bits per heavy atom. The maximum Gasteiger partial charge on any atom is 0.338 e. The second-order valence-corrected chi connectivity index (χ2v) is 4.62. The van der Waals surface area contributed by atoms with Gasteiger partial charge in [0.25, 0.3) is 0 Å². The van der Waals surface area contributed by atoms with E-state index in [4.69, 9.17) is 13.9 Å². The number of ether oxygens (including phenoxy) is 2. The van der Waals surface area contributed by atoms with Gasteiger partial charge in [-0.25, -0.2) is 9.48 Å². The second-order valence-electron chi connectivity index (χ2n) is 4.62. The van der Waals surface area contributed by atoms with Crippen LogP contribution in [0.25, 0.3) is 0 Å². The maximum absolute atomic E-state index is 12.4. The van der Waals surface area contributed by atoms with Gasteiger partial charge < -0.3 is 19.2 Å². The van der Waals surface area contributed by atoms with Crippen molar-refractivity contribution >= 4 is 11.9 Å². The summed E-state index contributed by atoms with van der Waals surface area (Å²) in [5.74, 6) is 0.649. The van der Waals surface area contributed by atoms with Crippen molar-refractivity contribution in [3.05, 3.63) is 41.8 Å². The molecule has 1 aliphatic heterocycles. The van der Waals surface area contributed by atoms with Gasteiger partial charge in [0.15, 0.2) is 0 Å². The van der Waals surface area contributed by atoms with Crippen LogP contribution >= 0.6 is 0 Å². The number of hydrogen-bond donors (Lipinski definition) is 1. The van der Waals surface area contributed by atoms with Crippen molar-refractivity contribution in [3.63, 3.8) is 0 Å². The van der Waals surface area contributed by atoms with Gasteiger partial charge in [-0.2, -0.15) is 10.1 Å². The van der Waals surface area contributed by atoms with Crippen LogP contribution in [-0.2, 0) is 14.3 Å². The number of methoxy groups -OCH3 is 1. The number of nitrogens with zero attached hydrogens (tertiary/aromatic N) is 3. The van der Waals surface area contributed by atoms with E-state index in [0.717, 1.165) is 0 Å². The first-order valence-corrected chi connectivity index (χ1v) is 6.85. The fourth-order valence-corrected chi connectivity index (χ4v) is 2.43. The Balaban J connectivity index is 2.13. The lowest BCUT2D eigenvalue weighted by atomic mass is 10.0. The maximum atomic E-state index is 12.4. The fraction of sp³-hybridized carbons (Fsp3) is 0.357. The molecule has 1 unspecified atom stereocenters. The Labute approximate surface area is 126 Å². The quantitative estimate of drug-likeness (QED) is 0.834. The van der Waals surface area contributed by atoms with E-state index < -0.39 is 12.0 Å². The molecule has 1 aliphatic rings. The summed E-state index contributed by atoms with van der Waals surface area (Å²) < 4.78 is 17.4. The molecule has 0 radical (unpaired) electrons. The first-order chi connectivity index (χ1) is 10.8. The normalized spacial score (nSPS) is 17.1. The number of carbonyl (C=O) groups is 1. The van der Waals surface area contributed by atoms with Crippen molar-refractivity contribution in [1.82, 2.24) is 14.8 Å². The van der Waals surface area contributed by atoms with Crippen molar-refractivity contribution in [2.24, 2.45) is 0 Å². The molecule has 0 saturated carbocycles. The molecule has 0 aromatic carbocycles. The summed E-state index contributed by atoms with van der Waals surface area (Å²) in [4.78, 5) is 16.6. The molecule has 0 amide bonds. The summed E-state index contributed by atoms with van der Waals surface area (Å²) in [5.41, 5.74) is 0.986. The Kier molecular flexibility index (Phi) is 3.92. The number of rotatable bonds is 5. The molecule has 2 aromatic rings. The lowest BCUT2D eigenvalue weighted by molar-refractivity contribution is -0.139. The van der Waals surface area contributed by atoms with Gasteiger partial charge in [-0.05, 0) is 19.1 Å². The van der Waals surface area contributed by atoms with E-state index in [1.54, 1.807) is 37.1 Å². The SMILES string of the molecule is CCOC(=O)C1=C(COC)Nc2ncnn2C1c1ccco1. The lowest BCUT2D eigenvalue weighted by Gasteiger charge is -2.27. The summed E-state index contributed by atoms with van der Waals surface area (Å²) in [6.07, 6.45) is 2.96. The van der Waals surface area contributed by atoms with Gasteiger partial charge in [-0.15, -0.1) is 0 Å². The summed E-state index contributed by atoms with van der Waals surface area (Å²) in [6.45, 7) is 2.25. The molecule has 22 heavy (non-hydrogen) atoms. The van der Waals surface area contributed by atoms with Gasteiger partial charge in [0.1, 0.15) is 18.1 Å². The Morgan fingerprint density at radius 2 is 2.41 bits per heavy atom. The van der Waals surface area contributed by atoms with Gasteiger partial charge in [0, 0.05) is 7.11 Å². The molecule has 1 N–H and O–H groups in total. The minimum atomic E-state index is -0.544. The number of nitrogens with one attached hydrogen (secondary N) is 1. The number of fused-ring (bicyclic) bond motifs is 1. The average molecular weight is 304 g/mol. The Hall–Kier alpha value is -2.61. The average Bonchev–Trinajstić information content (AvgIpc) is 3.17. The van der Waals surface area contributed by atoms with Crippen LogP contribution < -0.4 is 5.32 Å². The Bertz CT molecular complexity index is 690. The van der Waals surface area contributed by atoms with Crippen molar-refractivity contribution in [2.45, 2.75) is 13.0 Å². The molecule has 0 saturated heterocycles. The summed E-state index contributed by atoms with van der Waals surface area (Å²) >= 11 is 0. The largest absolute Gasteiger partial charge is 0.467 e. The summed E-state index contributed by atoms with van der Waals surface area (Å²) in [7, 11) is 1.55. The fourth-order valence-electron chi connectivity index (χ4n) is 2.43. The molecule has 0 bridgehead atoms. The molecule has 8 heteroatoms. The third kappa shape index (κ3) is 2.37. The predicted molar refractivity (Wildman–Crippen MR) is 76.0 cm³/mol.